The molecule has 1 unspecified atom stereocenters. The smallest absolute Gasteiger partial charge is 0.159 e. The molecule has 0 N–H and O–H groups in total. The van der Waals surface area contributed by atoms with Crippen LogP contribution in [0.1, 0.15) is 35.2 Å². The number of carbonyl (C=O) groups excluding carboxylic acids is 1. The van der Waals surface area contributed by atoms with Crippen molar-refractivity contribution in [2.24, 2.45) is 0 Å². The number of ether oxygens (including phenoxy) is 1. The number of benzene rings is 1. The Bertz CT molecular complexity index is 381. The highest BCUT2D eigenvalue weighted by Crippen LogP contribution is 2.31. The third kappa shape index (κ3) is 2.29. The van der Waals surface area contributed by atoms with E-state index in [9.17, 15) is 4.79 Å². The average molecular weight is 269 g/mol. The highest BCUT2D eigenvalue weighted by molar-refractivity contribution is 9.10. The van der Waals surface area contributed by atoms with E-state index in [1.54, 1.807) is 6.92 Å². The normalized spacial score (nSPS) is 20.5. The molecule has 0 aromatic heterocycles. The van der Waals surface area contributed by atoms with Crippen LogP contribution in [-0.2, 0) is 4.74 Å². The van der Waals surface area contributed by atoms with E-state index in [1.165, 1.54) is 5.56 Å². The van der Waals surface area contributed by atoms with Gasteiger partial charge >= 0.3 is 0 Å². The Morgan fingerprint density at radius 3 is 2.87 bits per heavy atom. The molecular formula is C12H13BrO2. The fourth-order valence-electron chi connectivity index (χ4n) is 1.86. The summed E-state index contributed by atoms with van der Waals surface area (Å²) in [6, 6.07) is 5.82. The van der Waals surface area contributed by atoms with Gasteiger partial charge in [0.2, 0.25) is 0 Å². The lowest BCUT2D eigenvalue weighted by molar-refractivity contribution is 0.101. The molecule has 1 atom stereocenters. The zero-order chi connectivity index (χ0) is 10.8. The fourth-order valence-corrected chi connectivity index (χ4v) is 2.56. The quantitative estimate of drug-likeness (QED) is 0.771. The van der Waals surface area contributed by atoms with E-state index in [0.717, 1.165) is 29.7 Å². The maximum Gasteiger partial charge on any atom is 0.159 e. The van der Waals surface area contributed by atoms with Crippen LogP contribution in [0, 0.1) is 0 Å². The second-order valence-electron chi connectivity index (χ2n) is 3.85. The fraction of sp³-hybridized carbons (Fsp3) is 0.417. The Kier molecular flexibility index (Phi) is 3.22. The minimum Gasteiger partial charge on any atom is -0.381 e. The molecular weight excluding hydrogens is 256 g/mol. The maximum absolute atomic E-state index is 11.2. The van der Waals surface area contributed by atoms with E-state index in [0.29, 0.717) is 5.92 Å². The molecule has 2 nitrogen and oxygen atoms in total. The van der Waals surface area contributed by atoms with Gasteiger partial charge in [-0.15, -0.1) is 0 Å². The zero-order valence-corrected chi connectivity index (χ0v) is 10.2. The van der Waals surface area contributed by atoms with E-state index in [2.05, 4.69) is 15.9 Å². The minimum absolute atomic E-state index is 0.102. The molecule has 0 saturated carbocycles. The standard InChI is InChI=1S/C12H13BrO2/c1-8(14)9-2-3-11(12(13)6-9)10-4-5-15-7-10/h2-3,6,10H,4-5,7H2,1H3. The Hall–Kier alpha value is -0.670. The van der Waals surface area contributed by atoms with Crippen LogP contribution in [0.15, 0.2) is 22.7 Å². The van der Waals surface area contributed by atoms with Crippen molar-refractivity contribution in [1.82, 2.24) is 0 Å². The lowest BCUT2D eigenvalue weighted by atomic mass is 9.97. The summed E-state index contributed by atoms with van der Waals surface area (Å²) in [7, 11) is 0. The van der Waals surface area contributed by atoms with Gasteiger partial charge in [-0.2, -0.15) is 0 Å². The largest absolute Gasteiger partial charge is 0.381 e. The molecule has 0 amide bonds. The Labute approximate surface area is 97.8 Å². The van der Waals surface area contributed by atoms with E-state index < -0.39 is 0 Å². The monoisotopic (exact) mass is 268 g/mol. The number of hydrogen-bond donors (Lipinski definition) is 0. The number of carbonyl (C=O) groups is 1. The SMILES string of the molecule is CC(=O)c1ccc(C2CCOC2)c(Br)c1. The van der Waals surface area contributed by atoms with Crippen LogP contribution in [0.4, 0.5) is 0 Å². The summed E-state index contributed by atoms with van der Waals surface area (Å²) < 4.78 is 6.38. The third-order valence-electron chi connectivity index (χ3n) is 2.78. The van der Waals surface area contributed by atoms with Gasteiger partial charge in [-0.25, -0.2) is 0 Å². The van der Waals surface area contributed by atoms with Crippen molar-refractivity contribution in [2.45, 2.75) is 19.3 Å². The van der Waals surface area contributed by atoms with Crippen LogP contribution in [0.25, 0.3) is 0 Å². The van der Waals surface area contributed by atoms with Crippen molar-refractivity contribution in [2.75, 3.05) is 13.2 Å². The first kappa shape index (κ1) is 10.8. The van der Waals surface area contributed by atoms with Gasteiger partial charge in [-0.1, -0.05) is 28.1 Å². The lowest BCUT2D eigenvalue weighted by Gasteiger charge is -2.11. The predicted octanol–water partition coefficient (Wildman–Crippen LogP) is 3.16. The van der Waals surface area contributed by atoms with Crippen molar-refractivity contribution in [3.8, 4) is 0 Å². The molecule has 1 aliphatic rings. The van der Waals surface area contributed by atoms with Crippen molar-refractivity contribution in [1.29, 1.82) is 0 Å². The predicted molar refractivity (Wildman–Crippen MR) is 62.3 cm³/mol. The molecule has 1 heterocycles. The molecule has 0 radical (unpaired) electrons. The van der Waals surface area contributed by atoms with E-state index in [4.69, 9.17) is 4.74 Å². The summed E-state index contributed by atoms with van der Waals surface area (Å²) in [5.41, 5.74) is 2.00. The molecule has 1 fully saturated rings. The highest BCUT2D eigenvalue weighted by Gasteiger charge is 2.20. The van der Waals surface area contributed by atoms with Gasteiger partial charge in [0.25, 0.3) is 0 Å². The van der Waals surface area contributed by atoms with Crippen LogP contribution < -0.4 is 0 Å². The second-order valence-corrected chi connectivity index (χ2v) is 4.71. The topological polar surface area (TPSA) is 26.3 Å². The summed E-state index contributed by atoms with van der Waals surface area (Å²) in [5, 5.41) is 0. The molecule has 1 saturated heterocycles. The first-order chi connectivity index (χ1) is 7.18. The van der Waals surface area contributed by atoms with Crippen LogP contribution in [0.2, 0.25) is 0 Å². The van der Waals surface area contributed by atoms with Gasteiger partial charge in [0.15, 0.2) is 5.78 Å². The summed E-state index contributed by atoms with van der Waals surface area (Å²) in [4.78, 5) is 11.2. The van der Waals surface area contributed by atoms with Crippen molar-refractivity contribution in [3.63, 3.8) is 0 Å². The van der Waals surface area contributed by atoms with Crippen LogP contribution >= 0.6 is 15.9 Å². The molecule has 3 heteroatoms. The highest BCUT2D eigenvalue weighted by atomic mass is 79.9. The van der Waals surface area contributed by atoms with Crippen LogP contribution in [-0.4, -0.2) is 19.0 Å². The van der Waals surface area contributed by atoms with Crippen molar-refractivity contribution >= 4 is 21.7 Å². The number of halogens is 1. The number of Topliss-reactive ketones (excluding diaryl/α,β-unsaturated/α-hetero) is 1. The molecule has 1 aliphatic heterocycles. The van der Waals surface area contributed by atoms with Crippen molar-refractivity contribution in [3.05, 3.63) is 33.8 Å². The van der Waals surface area contributed by atoms with Crippen molar-refractivity contribution < 1.29 is 9.53 Å². The van der Waals surface area contributed by atoms with E-state index >= 15 is 0 Å². The van der Waals surface area contributed by atoms with E-state index in [-0.39, 0.29) is 5.78 Å². The summed E-state index contributed by atoms with van der Waals surface area (Å²) in [6.45, 7) is 3.21. The Morgan fingerprint density at radius 1 is 1.53 bits per heavy atom. The van der Waals surface area contributed by atoms with Gasteiger partial charge in [0.05, 0.1) is 6.61 Å². The van der Waals surface area contributed by atoms with Crippen LogP contribution in [0.3, 0.4) is 0 Å². The Morgan fingerprint density at radius 2 is 2.33 bits per heavy atom. The minimum atomic E-state index is 0.102. The third-order valence-corrected chi connectivity index (χ3v) is 3.46. The number of rotatable bonds is 2. The van der Waals surface area contributed by atoms with Gasteiger partial charge in [-0.05, 0) is 25.0 Å². The summed E-state index contributed by atoms with van der Waals surface area (Å²) >= 11 is 3.52. The lowest BCUT2D eigenvalue weighted by Crippen LogP contribution is -2.00. The molecule has 0 spiro atoms. The zero-order valence-electron chi connectivity index (χ0n) is 8.63. The summed E-state index contributed by atoms with van der Waals surface area (Å²) in [6.07, 6.45) is 1.07. The molecule has 15 heavy (non-hydrogen) atoms. The van der Waals surface area contributed by atoms with Gasteiger partial charge in [-0.3, -0.25) is 4.79 Å². The summed E-state index contributed by atoms with van der Waals surface area (Å²) in [5.74, 6) is 0.574. The molecule has 0 aliphatic carbocycles. The van der Waals surface area contributed by atoms with Gasteiger partial charge in [0, 0.05) is 22.6 Å². The number of hydrogen-bond acceptors (Lipinski definition) is 2. The van der Waals surface area contributed by atoms with Crippen LogP contribution in [0.5, 0.6) is 0 Å². The second kappa shape index (κ2) is 4.45. The molecule has 1 aromatic carbocycles. The Balaban J connectivity index is 2.29. The average Bonchev–Trinajstić information content (AvgIpc) is 2.70. The molecule has 80 valence electrons. The molecule has 0 bridgehead atoms. The number of ketones is 1. The van der Waals surface area contributed by atoms with E-state index in [1.807, 2.05) is 18.2 Å². The van der Waals surface area contributed by atoms with Gasteiger partial charge < -0.3 is 4.74 Å². The van der Waals surface area contributed by atoms with Gasteiger partial charge in [0.1, 0.15) is 0 Å². The maximum atomic E-state index is 11.2. The molecule has 1 aromatic rings. The molecule has 2 rings (SSSR count). The first-order valence-electron chi connectivity index (χ1n) is 5.06. The first-order valence-corrected chi connectivity index (χ1v) is 5.86.